The summed E-state index contributed by atoms with van der Waals surface area (Å²) in [5.74, 6) is 0.374. The normalized spacial score (nSPS) is 16.7. The maximum atomic E-state index is 14.9. The van der Waals surface area contributed by atoms with Crippen molar-refractivity contribution in [2.24, 2.45) is 0 Å². The largest absolute Gasteiger partial charge is 0.492 e. The molecule has 1 aliphatic rings. The lowest BCUT2D eigenvalue weighted by molar-refractivity contribution is 0.103. The molecule has 0 spiro atoms. The van der Waals surface area contributed by atoms with Crippen LogP contribution in [0, 0.1) is 12.7 Å². The van der Waals surface area contributed by atoms with Crippen LogP contribution in [-0.2, 0) is 6.54 Å². The molecule has 31 heavy (non-hydrogen) atoms. The predicted octanol–water partition coefficient (Wildman–Crippen LogP) is 3.85. The third kappa shape index (κ3) is 3.94. The van der Waals surface area contributed by atoms with E-state index in [2.05, 4.69) is 44.1 Å². The third-order valence-electron chi connectivity index (χ3n) is 5.77. The van der Waals surface area contributed by atoms with E-state index in [-0.39, 0.29) is 17.7 Å². The minimum atomic E-state index is -0.381. The first-order valence-corrected chi connectivity index (χ1v) is 11.2. The zero-order valence-electron chi connectivity index (χ0n) is 17.3. The summed E-state index contributed by atoms with van der Waals surface area (Å²) in [6.45, 7) is 6.00. The lowest BCUT2D eigenvalue weighted by Gasteiger charge is -2.39. The van der Waals surface area contributed by atoms with Crippen molar-refractivity contribution in [2.45, 2.75) is 19.5 Å². The molecule has 2 aromatic carbocycles. The van der Waals surface area contributed by atoms with Gasteiger partial charge in [-0.2, -0.15) is 4.52 Å². The molecule has 1 aliphatic heterocycles. The van der Waals surface area contributed by atoms with Gasteiger partial charge >= 0.3 is 0 Å². The number of hydrogen-bond acceptors (Lipinski definition) is 6. The first-order valence-electron chi connectivity index (χ1n) is 10.4. The number of fused-ring (bicyclic) bond motifs is 1. The number of halogens is 1. The van der Waals surface area contributed by atoms with Gasteiger partial charge in [0.25, 0.3) is 0 Å². The number of aryl methyl sites for hydroxylation is 1. The summed E-state index contributed by atoms with van der Waals surface area (Å²) in [7, 11) is 0. The van der Waals surface area contributed by atoms with Crippen molar-refractivity contribution >= 4 is 16.3 Å². The lowest BCUT2D eigenvalue weighted by Crippen LogP contribution is -2.47. The second-order valence-electron chi connectivity index (χ2n) is 7.87. The van der Waals surface area contributed by atoms with Crippen LogP contribution in [-0.4, -0.2) is 55.7 Å². The van der Waals surface area contributed by atoms with Gasteiger partial charge in [0.15, 0.2) is 0 Å². The summed E-state index contributed by atoms with van der Waals surface area (Å²) in [6, 6.07) is 16.9. The van der Waals surface area contributed by atoms with Gasteiger partial charge in [0.1, 0.15) is 11.6 Å². The molecule has 3 heterocycles. The van der Waals surface area contributed by atoms with E-state index < -0.39 is 0 Å². The highest BCUT2D eigenvalue weighted by molar-refractivity contribution is 7.17. The van der Waals surface area contributed by atoms with Crippen LogP contribution in [0.5, 0.6) is 5.88 Å². The van der Waals surface area contributed by atoms with E-state index in [1.54, 1.807) is 19.1 Å². The average molecular weight is 438 g/mol. The van der Waals surface area contributed by atoms with Crippen LogP contribution in [0.3, 0.4) is 0 Å². The predicted molar refractivity (Wildman–Crippen MR) is 119 cm³/mol. The molecule has 1 atom stereocenters. The Morgan fingerprint density at radius 2 is 1.74 bits per heavy atom. The van der Waals surface area contributed by atoms with Crippen molar-refractivity contribution in [3.8, 4) is 5.88 Å². The average Bonchev–Trinajstić information content (AvgIpc) is 3.29. The Hall–Kier alpha value is -2.81. The highest BCUT2D eigenvalue weighted by atomic mass is 32.1. The monoisotopic (exact) mass is 437 g/mol. The maximum Gasteiger partial charge on any atom is 0.230 e. The second kappa shape index (κ2) is 8.37. The quantitative estimate of drug-likeness (QED) is 0.514. The molecular weight excluding hydrogens is 413 g/mol. The van der Waals surface area contributed by atoms with Crippen LogP contribution in [0.4, 0.5) is 4.39 Å². The van der Waals surface area contributed by atoms with Gasteiger partial charge in [-0.1, -0.05) is 59.9 Å². The Balaban J connectivity index is 1.44. The van der Waals surface area contributed by atoms with Crippen LogP contribution in [0.2, 0.25) is 0 Å². The molecule has 0 amide bonds. The number of thiazole rings is 1. The van der Waals surface area contributed by atoms with Crippen LogP contribution in [0.1, 0.15) is 27.9 Å². The lowest BCUT2D eigenvalue weighted by atomic mass is 10.0. The molecule has 6 nitrogen and oxygen atoms in total. The van der Waals surface area contributed by atoms with Crippen LogP contribution in [0.15, 0.2) is 54.6 Å². The number of aromatic nitrogens is 3. The van der Waals surface area contributed by atoms with Gasteiger partial charge < -0.3 is 5.11 Å². The standard InChI is InChI=1S/C23H24FN5OS/c1-16-25-23-29(26-16)22(30)21(31-23)20(18-9-5-6-10-19(18)24)28-13-11-27(12-14-28)15-17-7-3-2-4-8-17/h2-10,20,30H,11-15H2,1H3/t20-/m1/s1. The number of benzene rings is 2. The van der Waals surface area contributed by atoms with E-state index in [1.807, 2.05) is 12.1 Å². The van der Waals surface area contributed by atoms with Gasteiger partial charge in [-0.05, 0) is 18.6 Å². The maximum absolute atomic E-state index is 14.9. The summed E-state index contributed by atoms with van der Waals surface area (Å²) in [4.78, 5) is 10.3. The minimum Gasteiger partial charge on any atom is -0.492 e. The molecule has 2 aromatic heterocycles. The van der Waals surface area contributed by atoms with Gasteiger partial charge in [-0.3, -0.25) is 9.80 Å². The molecule has 0 radical (unpaired) electrons. The van der Waals surface area contributed by atoms with Crippen molar-refractivity contribution in [2.75, 3.05) is 26.2 Å². The van der Waals surface area contributed by atoms with Crippen molar-refractivity contribution < 1.29 is 9.50 Å². The molecule has 160 valence electrons. The summed E-state index contributed by atoms with van der Waals surface area (Å²) < 4.78 is 16.3. The molecule has 1 fully saturated rings. The highest BCUT2D eigenvalue weighted by Gasteiger charge is 2.33. The highest BCUT2D eigenvalue weighted by Crippen LogP contribution is 2.41. The first kappa shape index (κ1) is 20.1. The minimum absolute atomic E-state index is 0.0422. The van der Waals surface area contributed by atoms with E-state index in [0.29, 0.717) is 21.2 Å². The molecule has 0 bridgehead atoms. The van der Waals surface area contributed by atoms with E-state index in [0.717, 1.165) is 32.7 Å². The molecule has 8 heteroatoms. The summed E-state index contributed by atoms with van der Waals surface area (Å²) >= 11 is 1.37. The SMILES string of the molecule is Cc1nc2sc([C@@H](c3ccccc3F)N3CCN(Cc4ccccc4)CC3)c(O)n2n1. The van der Waals surface area contributed by atoms with Crippen molar-refractivity contribution in [1.82, 2.24) is 24.4 Å². The summed E-state index contributed by atoms with van der Waals surface area (Å²) in [5.41, 5.74) is 1.86. The summed E-state index contributed by atoms with van der Waals surface area (Å²) in [5, 5.41) is 15.2. The topological polar surface area (TPSA) is 56.9 Å². The fourth-order valence-electron chi connectivity index (χ4n) is 4.25. The zero-order chi connectivity index (χ0) is 21.4. The third-order valence-corrected chi connectivity index (χ3v) is 6.85. The Morgan fingerprint density at radius 3 is 2.45 bits per heavy atom. The van der Waals surface area contributed by atoms with Gasteiger partial charge in [0.05, 0.1) is 10.9 Å². The second-order valence-corrected chi connectivity index (χ2v) is 8.87. The van der Waals surface area contributed by atoms with Crippen molar-refractivity contribution in [3.05, 3.63) is 82.2 Å². The van der Waals surface area contributed by atoms with Crippen molar-refractivity contribution in [1.29, 1.82) is 0 Å². The number of rotatable bonds is 5. The fourth-order valence-corrected chi connectivity index (χ4v) is 5.40. The van der Waals surface area contributed by atoms with Gasteiger partial charge in [0, 0.05) is 38.3 Å². The van der Waals surface area contributed by atoms with E-state index in [4.69, 9.17) is 0 Å². The molecule has 0 aliphatic carbocycles. The molecule has 0 saturated carbocycles. The van der Waals surface area contributed by atoms with Gasteiger partial charge in [-0.25, -0.2) is 9.37 Å². The molecule has 1 N–H and O–H groups in total. The Kier molecular flexibility index (Phi) is 5.43. The number of hydrogen-bond donors (Lipinski definition) is 1. The Bertz CT molecular complexity index is 1180. The van der Waals surface area contributed by atoms with Crippen LogP contribution in [0.25, 0.3) is 4.96 Å². The van der Waals surface area contributed by atoms with E-state index >= 15 is 0 Å². The smallest absolute Gasteiger partial charge is 0.230 e. The zero-order valence-corrected chi connectivity index (χ0v) is 18.1. The molecular formula is C23H24FN5OS. The number of nitrogens with zero attached hydrogens (tertiary/aromatic N) is 5. The van der Waals surface area contributed by atoms with E-state index in [1.165, 1.54) is 27.5 Å². The Morgan fingerprint density at radius 1 is 1.03 bits per heavy atom. The molecule has 4 aromatic rings. The number of piperazine rings is 1. The first-order chi connectivity index (χ1) is 15.1. The Labute approximate surface area is 184 Å². The summed E-state index contributed by atoms with van der Waals surface area (Å²) in [6.07, 6.45) is 0. The molecule has 0 unspecified atom stereocenters. The van der Waals surface area contributed by atoms with Gasteiger partial charge in [0.2, 0.25) is 10.8 Å². The molecule has 5 rings (SSSR count). The van der Waals surface area contributed by atoms with Gasteiger partial charge in [-0.15, -0.1) is 5.10 Å². The van der Waals surface area contributed by atoms with Crippen LogP contribution >= 0.6 is 11.3 Å². The van der Waals surface area contributed by atoms with E-state index in [9.17, 15) is 9.50 Å². The van der Waals surface area contributed by atoms with Crippen LogP contribution < -0.4 is 0 Å². The molecule has 1 saturated heterocycles. The fraction of sp³-hybridized carbons (Fsp3) is 0.304. The number of aromatic hydroxyl groups is 1. The van der Waals surface area contributed by atoms with Crippen molar-refractivity contribution in [3.63, 3.8) is 0 Å².